The Morgan fingerprint density at radius 1 is 0.966 bits per heavy atom. The van der Waals surface area contributed by atoms with Crippen LogP contribution in [0.3, 0.4) is 0 Å². The Bertz CT molecular complexity index is 1210. The molecule has 0 unspecified atom stereocenters. The van der Waals surface area contributed by atoms with Crippen LogP contribution in [0, 0.1) is 13.8 Å². The summed E-state index contributed by atoms with van der Waals surface area (Å²) in [7, 11) is 0. The SMILES string of the molecule is Cc1cc(C)c2oc(C(=O)N(Cc3ccccc3)Cc3ccco3)cc(=O)c2c1. The summed E-state index contributed by atoms with van der Waals surface area (Å²) < 4.78 is 11.3. The lowest BCUT2D eigenvalue weighted by molar-refractivity contribution is 0.0686. The van der Waals surface area contributed by atoms with Crippen molar-refractivity contribution in [2.75, 3.05) is 0 Å². The fourth-order valence-electron chi connectivity index (χ4n) is 3.46. The molecule has 0 bridgehead atoms. The van der Waals surface area contributed by atoms with Crippen LogP contribution in [0.2, 0.25) is 0 Å². The van der Waals surface area contributed by atoms with Gasteiger partial charge in [0.1, 0.15) is 11.3 Å². The van der Waals surface area contributed by atoms with E-state index in [4.69, 9.17) is 8.83 Å². The second-order valence-corrected chi connectivity index (χ2v) is 7.16. The number of aryl methyl sites for hydroxylation is 2. The highest BCUT2D eigenvalue weighted by Gasteiger charge is 2.22. The minimum absolute atomic E-state index is 0.0249. The molecule has 1 amide bonds. The molecule has 0 atom stereocenters. The minimum atomic E-state index is -0.357. The molecule has 0 aliphatic rings. The molecule has 2 heterocycles. The normalized spacial score (nSPS) is 11.0. The quantitative estimate of drug-likeness (QED) is 0.491. The summed E-state index contributed by atoms with van der Waals surface area (Å²) in [5.41, 5.74) is 3.00. The van der Waals surface area contributed by atoms with Crippen molar-refractivity contribution in [3.05, 3.63) is 105 Å². The molecular weight excluding hydrogens is 366 g/mol. The number of hydrogen-bond acceptors (Lipinski definition) is 4. The van der Waals surface area contributed by atoms with Gasteiger partial charge in [-0.05, 0) is 48.7 Å². The number of amides is 1. The van der Waals surface area contributed by atoms with Crippen molar-refractivity contribution in [1.82, 2.24) is 4.90 Å². The van der Waals surface area contributed by atoms with Crippen molar-refractivity contribution in [2.45, 2.75) is 26.9 Å². The van der Waals surface area contributed by atoms with Gasteiger partial charge >= 0.3 is 0 Å². The molecule has 4 rings (SSSR count). The Morgan fingerprint density at radius 3 is 2.48 bits per heavy atom. The lowest BCUT2D eigenvalue weighted by atomic mass is 10.1. The van der Waals surface area contributed by atoms with Gasteiger partial charge in [0.05, 0.1) is 18.2 Å². The zero-order chi connectivity index (χ0) is 20.4. The van der Waals surface area contributed by atoms with E-state index in [1.54, 1.807) is 23.3 Å². The van der Waals surface area contributed by atoms with E-state index >= 15 is 0 Å². The van der Waals surface area contributed by atoms with Gasteiger partial charge in [-0.3, -0.25) is 9.59 Å². The molecular formula is C24H21NO4. The highest BCUT2D eigenvalue weighted by Crippen LogP contribution is 2.21. The third-order valence-corrected chi connectivity index (χ3v) is 4.80. The first-order valence-corrected chi connectivity index (χ1v) is 9.42. The van der Waals surface area contributed by atoms with Gasteiger partial charge in [0.25, 0.3) is 5.91 Å². The van der Waals surface area contributed by atoms with E-state index in [0.29, 0.717) is 23.3 Å². The summed E-state index contributed by atoms with van der Waals surface area (Å²) in [6, 6.07) is 18.3. The van der Waals surface area contributed by atoms with Crippen LogP contribution in [0.4, 0.5) is 0 Å². The van der Waals surface area contributed by atoms with E-state index in [1.165, 1.54) is 6.07 Å². The van der Waals surface area contributed by atoms with Crippen molar-refractivity contribution < 1.29 is 13.6 Å². The van der Waals surface area contributed by atoms with Gasteiger partial charge in [-0.1, -0.05) is 36.4 Å². The molecule has 5 nitrogen and oxygen atoms in total. The van der Waals surface area contributed by atoms with Crippen LogP contribution in [0.1, 0.15) is 33.0 Å². The zero-order valence-electron chi connectivity index (χ0n) is 16.3. The average Bonchev–Trinajstić information content (AvgIpc) is 3.21. The number of benzene rings is 2. The van der Waals surface area contributed by atoms with Gasteiger partial charge in [-0.2, -0.15) is 0 Å². The van der Waals surface area contributed by atoms with Crippen LogP contribution in [0.5, 0.6) is 0 Å². The predicted octanol–water partition coefficient (Wildman–Crippen LogP) is 4.85. The Labute approximate surface area is 168 Å². The first-order valence-electron chi connectivity index (χ1n) is 9.42. The van der Waals surface area contributed by atoms with Crippen LogP contribution in [0.25, 0.3) is 11.0 Å². The Hall–Kier alpha value is -3.60. The van der Waals surface area contributed by atoms with Crippen molar-refractivity contribution in [3.63, 3.8) is 0 Å². The van der Waals surface area contributed by atoms with E-state index in [1.807, 2.05) is 56.3 Å². The number of nitrogens with zero attached hydrogens (tertiary/aromatic N) is 1. The summed E-state index contributed by atoms with van der Waals surface area (Å²) >= 11 is 0. The molecule has 0 aliphatic heterocycles. The molecule has 0 spiro atoms. The fraction of sp³-hybridized carbons (Fsp3) is 0.167. The highest BCUT2D eigenvalue weighted by atomic mass is 16.3. The zero-order valence-corrected chi connectivity index (χ0v) is 16.3. The highest BCUT2D eigenvalue weighted by molar-refractivity contribution is 5.93. The Balaban J connectivity index is 1.74. The molecule has 0 radical (unpaired) electrons. The summed E-state index contributed by atoms with van der Waals surface area (Å²) in [5, 5.41) is 0.486. The molecule has 0 N–H and O–H groups in total. The molecule has 5 heteroatoms. The van der Waals surface area contributed by atoms with Crippen LogP contribution in [-0.4, -0.2) is 10.8 Å². The average molecular weight is 387 g/mol. The second-order valence-electron chi connectivity index (χ2n) is 7.16. The van der Waals surface area contributed by atoms with Gasteiger partial charge in [0.15, 0.2) is 11.2 Å². The lowest BCUT2D eigenvalue weighted by Crippen LogP contribution is -2.30. The van der Waals surface area contributed by atoms with Crippen LogP contribution in [0.15, 0.2) is 80.6 Å². The fourth-order valence-corrected chi connectivity index (χ4v) is 3.46. The molecule has 2 aromatic heterocycles. The molecule has 0 saturated heterocycles. The number of carbonyl (C=O) groups is 1. The Kier molecular flexibility index (Phi) is 5.04. The van der Waals surface area contributed by atoms with Crippen molar-refractivity contribution in [3.8, 4) is 0 Å². The van der Waals surface area contributed by atoms with Gasteiger partial charge in [0, 0.05) is 12.6 Å². The van der Waals surface area contributed by atoms with E-state index in [-0.39, 0.29) is 23.6 Å². The van der Waals surface area contributed by atoms with Gasteiger partial charge in [-0.15, -0.1) is 0 Å². The monoisotopic (exact) mass is 387 g/mol. The minimum Gasteiger partial charge on any atom is -0.467 e. The summed E-state index contributed by atoms with van der Waals surface area (Å²) in [6.45, 7) is 4.44. The van der Waals surface area contributed by atoms with Crippen LogP contribution in [-0.2, 0) is 13.1 Å². The molecule has 2 aromatic carbocycles. The second kappa shape index (κ2) is 7.80. The van der Waals surface area contributed by atoms with E-state index < -0.39 is 0 Å². The molecule has 146 valence electrons. The predicted molar refractivity (Wildman–Crippen MR) is 111 cm³/mol. The maximum absolute atomic E-state index is 13.3. The van der Waals surface area contributed by atoms with Crippen LogP contribution < -0.4 is 5.43 Å². The number of rotatable bonds is 5. The summed E-state index contributed by atoms with van der Waals surface area (Å²) in [6.07, 6.45) is 1.57. The topological polar surface area (TPSA) is 63.7 Å². The molecule has 0 fully saturated rings. The third-order valence-electron chi connectivity index (χ3n) is 4.80. The molecule has 4 aromatic rings. The number of furan rings is 1. The number of hydrogen-bond donors (Lipinski definition) is 0. The summed E-state index contributed by atoms with van der Waals surface area (Å²) in [5.74, 6) is 0.324. The summed E-state index contributed by atoms with van der Waals surface area (Å²) in [4.78, 5) is 27.6. The molecule has 0 aliphatic carbocycles. The first-order chi connectivity index (χ1) is 14.0. The smallest absolute Gasteiger partial charge is 0.290 e. The number of fused-ring (bicyclic) bond motifs is 1. The van der Waals surface area contributed by atoms with Crippen LogP contribution >= 0.6 is 0 Å². The Morgan fingerprint density at radius 2 is 1.76 bits per heavy atom. The van der Waals surface area contributed by atoms with Crippen molar-refractivity contribution in [1.29, 1.82) is 0 Å². The van der Waals surface area contributed by atoms with E-state index in [9.17, 15) is 9.59 Å². The van der Waals surface area contributed by atoms with Gasteiger partial charge < -0.3 is 13.7 Å². The number of carbonyl (C=O) groups excluding carboxylic acids is 1. The van der Waals surface area contributed by atoms with Gasteiger partial charge in [-0.25, -0.2) is 0 Å². The van der Waals surface area contributed by atoms with E-state index in [2.05, 4.69) is 0 Å². The third kappa shape index (κ3) is 3.99. The first kappa shape index (κ1) is 18.7. The largest absolute Gasteiger partial charge is 0.467 e. The van der Waals surface area contributed by atoms with E-state index in [0.717, 1.165) is 16.7 Å². The molecule has 29 heavy (non-hydrogen) atoms. The van der Waals surface area contributed by atoms with Crippen molar-refractivity contribution >= 4 is 16.9 Å². The van der Waals surface area contributed by atoms with Gasteiger partial charge in [0.2, 0.25) is 0 Å². The maximum Gasteiger partial charge on any atom is 0.290 e. The molecule has 0 saturated carbocycles. The standard InChI is InChI=1S/C24H21NO4/c1-16-11-17(2)23-20(12-16)21(26)13-22(29-23)24(27)25(15-19-9-6-10-28-19)14-18-7-4-3-5-8-18/h3-13H,14-15H2,1-2H3. The van der Waals surface area contributed by atoms with Crippen molar-refractivity contribution in [2.24, 2.45) is 0 Å². The maximum atomic E-state index is 13.3. The lowest BCUT2D eigenvalue weighted by Gasteiger charge is -2.21.